The number of rotatable bonds is 1. The largest absolute Gasteiger partial charge is 0.346 e. The van der Waals surface area contributed by atoms with Crippen molar-refractivity contribution in [1.82, 2.24) is 9.55 Å². The fourth-order valence-electron chi connectivity index (χ4n) is 1.89. The fourth-order valence-corrected chi connectivity index (χ4v) is 1.89. The van der Waals surface area contributed by atoms with Crippen LogP contribution in [0.4, 0.5) is 0 Å². The first-order chi connectivity index (χ1) is 6.59. The molecule has 2 heterocycles. The number of pyridine rings is 1. The maximum Gasteiger partial charge on any atom is 0.0887 e. The predicted molar refractivity (Wildman–Crippen MR) is 59.5 cm³/mol. The molecule has 0 atom stereocenters. The summed E-state index contributed by atoms with van der Waals surface area (Å²) >= 11 is 0. The van der Waals surface area contributed by atoms with Crippen LogP contribution in [0.1, 0.15) is 31.2 Å². The maximum atomic E-state index is 4.52. The summed E-state index contributed by atoms with van der Waals surface area (Å²) in [7, 11) is 2.11. The molecular formula is C12H16N2. The molecule has 0 saturated carbocycles. The lowest BCUT2D eigenvalue weighted by Gasteiger charge is -2.06. The molecule has 0 bridgehead atoms. The van der Waals surface area contributed by atoms with Gasteiger partial charge in [0.2, 0.25) is 0 Å². The Hall–Kier alpha value is -1.31. The molecule has 0 aromatic carbocycles. The van der Waals surface area contributed by atoms with Crippen LogP contribution in [0.5, 0.6) is 0 Å². The van der Waals surface area contributed by atoms with Gasteiger partial charge in [-0.25, -0.2) is 0 Å². The molecule has 0 aliphatic rings. The number of fused-ring (bicyclic) bond motifs is 1. The summed E-state index contributed by atoms with van der Waals surface area (Å²) in [6, 6.07) is 6.39. The summed E-state index contributed by atoms with van der Waals surface area (Å²) in [5.74, 6) is 0.550. The minimum atomic E-state index is 0.550. The van der Waals surface area contributed by atoms with Crippen molar-refractivity contribution in [2.75, 3.05) is 0 Å². The van der Waals surface area contributed by atoms with Gasteiger partial charge in [-0.1, -0.05) is 13.8 Å². The Morgan fingerprint density at radius 3 is 2.64 bits per heavy atom. The zero-order valence-corrected chi connectivity index (χ0v) is 9.20. The summed E-state index contributed by atoms with van der Waals surface area (Å²) < 4.78 is 2.23. The summed E-state index contributed by atoms with van der Waals surface area (Å²) in [5, 5.41) is 0. The molecule has 0 radical (unpaired) electrons. The van der Waals surface area contributed by atoms with Crippen molar-refractivity contribution >= 4 is 11.0 Å². The highest BCUT2D eigenvalue weighted by molar-refractivity contribution is 5.77. The second kappa shape index (κ2) is 3.12. The maximum absolute atomic E-state index is 4.52. The summed E-state index contributed by atoms with van der Waals surface area (Å²) in [4.78, 5) is 4.52. The van der Waals surface area contributed by atoms with Crippen molar-refractivity contribution < 1.29 is 0 Å². The van der Waals surface area contributed by atoms with Crippen molar-refractivity contribution in [3.63, 3.8) is 0 Å². The Morgan fingerprint density at radius 2 is 2.00 bits per heavy atom. The standard InChI is InChI=1S/C12H16N2/c1-8(2)12-7-10-11(14(12)4)6-5-9(3)13-10/h5-8H,1-4H3. The van der Waals surface area contributed by atoms with E-state index in [2.05, 4.69) is 48.6 Å². The van der Waals surface area contributed by atoms with Gasteiger partial charge >= 0.3 is 0 Å². The first-order valence-corrected chi connectivity index (χ1v) is 5.02. The van der Waals surface area contributed by atoms with Crippen LogP contribution in [0.2, 0.25) is 0 Å². The van der Waals surface area contributed by atoms with Gasteiger partial charge in [0.05, 0.1) is 11.0 Å². The molecule has 2 nitrogen and oxygen atoms in total. The predicted octanol–water partition coefficient (Wildman–Crippen LogP) is 3.01. The molecule has 0 N–H and O–H groups in total. The third kappa shape index (κ3) is 1.31. The molecule has 2 aromatic rings. The van der Waals surface area contributed by atoms with Gasteiger partial charge in [-0.15, -0.1) is 0 Å². The molecule has 0 aliphatic heterocycles. The van der Waals surface area contributed by atoms with Gasteiger partial charge in [-0.3, -0.25) is 4.98 Å². The molecule has 0 unspecified atom stereocenters. The fraction of sp³-hybridized carbons (Fsp3) is 0.417. The average Bonchev–Trinajstić information content (AvgIpc) is 2.43. The second-order valence-corrected chi connectivity index (χ2v) is 4.14. The quantitative estimate of drug-likeness (QED) is 0.672. The molecular weight excluding hydrogens is 172 g/mol. The highest BCUT2D eigenvalue weighted by atomic mass is 15.0. The van der Waals surface area contributed by atoms with Crippen LogP contribution in [0.15, 0.2) is 18.2 Å². The van der Waals surface area contributed by atoms with Gasteiger partial charge in [-0.2, -0.15) is 0 Å². The van der Waals surface area contributed by atoms with Crippen LogP contribution in [-0.4, -0.2) is 9.55 Å². The summed E-state index contributed by atoms with van der Waals surface area (Å²) in [6.45, 7) is 6.45. The normalized spacial score (nSPS) is 11.5. The molecule has 0 amide bonds. The second-order valence-electron chi connectivity index (χ2n) is 4.14. The van der Waals surface area contributed by atoms with E-state index in [1.54, 1.807) is 0 Å². The zero-order valence-electron chi connectivity index (χ0n) is 9.20. The molecule has 14 heavy (non-hydrogen) atoms. The Labute approximate surface area is 84.6 Å². The monoisotopic (exact) mass is 188 g/mol. The van der Waals surface area contributed by atoms with E-state index >= 15 is 0 Å². The Bertz CT molecular complexity index is 466. The number of hydrogen-bond donors (Lipinski definition) is 0. The average molecular weight is 188 g/mol. The van der Waals surface area contributed by atoms with Gasteiger partial charge in [0, 0.05) is 18.4 Å². The molecule has 2 rings (SSSR count). The van der Waals surface area contributed by atoms with E-state index < -0.39 is 0 Å². The first-order valence-electron chi connectivity index (χ1n) is 5.02. The third-order valence-electron chi connectivity index (χ3n) is 2.67. The first kappa shape index (κ1) is 9.25. The van der Waals surface area contributed by atoms with Crippen molar-refractivity contribution in [3.8, 4) is 0 Å². The topological polar surface area (TPSA) is 17.8 Å². The minimum Gasteiger partial charge on any atom is -0.346 e. The van der Waals surface area contributed by atoms with E-state index in [-0.39, 0.29) is 0 Å². The van der Waals surface area contributed by atoms with Gasteiger partial charge in [0.25, 0.3) is 0 Å². The number of nitrogens with zero attached hydrogens (tertiary/aromatic N) is 2. The number of hydrogen-bond acceptors (Lipinski definition) is 1. The van der Waals surface area contributed by atoms with E-state index in [0.29, 0.717) is 5.92 Å². The smallest absolute Gasteiger partial charge is 0.0887 e. The Morgan fingerprint density at radius 1 is 1.29 bits per heavy atom. The molecule has 0 saturated heterocycles. The summed E-state index contributed by atoms with van der Waals surface area (Å²) in [6.07, 6.45) is 0. The van der Waals surface area contributed by atoms with Crippen LogP contribution in [0.3, 0.4) is 0 Å². The van der Waals surface area contributed by atoms with Crippen LogP contribution in [0.25, 0.3) is 11.0 Å². The van der Waals surface area contributed by atoms with Crippen LogP contribution in [-0.2, 0) is 7.05 Å². The minimum absolute atomic E-state index is 0.550. The van der Waals surface area contributed by atoms with Crippen LogP contribution < -0.4 is 0 Å². The van der Waals surface area contributed by atoms with E-state index in [9.17, 15) is 0 Å². The molecule has 2 heteroatoms. The van der Waals surface area contributed by atoms with Gasteiger partial charge in [0.15, 0.2) is 0 Å². The van der Waals surface area contributed by atoms with Crippen LogP contribution >= 0.6 is 0 Å². The highest BCUT2D eigenvalue weighted by Gasteiger charge is 2.09. The van der Waals surface area contributed by atoms with E-state index in [1.807, 2.05) is 6.92 Å². The Balaban J connectivity index is 2.73. The van der Waals surface area contributed by atoms with Gasteiger partial charge in [-0.05, 0) is 31.0 Å². The van der Waals surface area contributed by atoms with Crippen molar-refractivity contribution in [3.05, 3.63) is 29.6 Å². The lowest BCUT2D eigenvalue weighted by Crippen LogP contribution is -1.97. The SMILES string of the molecule is Cc1ccc2c(cc(C(C)C)n2C)n1. The molecule has 0 fully saturated rings. The molecule has 0 aliphatic carbocycles. The van der Waals surface area contributed by atoms with E-state index in [4.69, 9.17) is 0 Å². The summed E-state index contributed by atoms with van der Waals surface area (Å²) in [5.41, 5.74) is 4.76. The number of aryl methyl sites for hydroxylation is 2. The lowest BCUT2D eigenvalue weighted by molar-refractivity contribution is 0.755. The van der Waals surface area contributed by atoms with Crippen molar-refractivity contribution in [2.45, 2.75) is 26.7 Å². The lowest BCUT2D eigenvalue weighted by atomic mass is 10.1. The van der Waals surface area contributed by atoms with Crippen LogP contribution in [0, 0.1) is 6.92 Å². The highest BCUT2D eigenvalue weighted by Crippen LogP contribution is 2.22. The van der Waals surface area contributed by atoms with Crippen molar-refractivity contribution in [2.24, 2.45) is 7.05 Å². The third-order valence-corrected chi connectivity index (χ3v) is 2.67. The van der Waals surface area contributed by atoms with Crippen molar-refractivity contribution in [1.29, 1.82) is 0 Å². The number of aromatic nitrogens is 2. The molecule has 2 aromatic heterocycles. The Kier molecular flexibility index (Phi) is 2.06. The van der Waals surface area contributed by atoms with E-state index in [1.165, 1.54) is 11.2 Å². The van der Waals surface area contributed by atoms with E-state index in [0.717, 1.165) is 11.2 Å². The molecule has 0 spiro atoms. The van der Waals surface area contributed by atoms with Gasteiger partial charge < -0.3 is 4.57 Å². The van der Waals surface area contributed by atoms with Gasteiger partial charge in [0.1, 0.15) is 0 Å². The molecule has 74 valence electrons. The zero-order chi connectivity index (χ0) is 10.3.